The molecule has 0 rings (SSSR count). The predicted octanol–water partition coefficient (Wildman–Crippen LogP) is 3.15. The largest absolute Gasteiger partial charge is 0.444 e. The van der Waals surface area contributed by atoms with Crippen molar-refractivity contribution in [3.05, 3.63) is 0 Å². The first-order chi connectivity index (χ1) is 8.35. The number of nitrogens with two attached hydrogens (primary N) is 1. The third-order valence-corrected chi connectivity index (χ3v) is 2.77. The lowest BCUT2D eigenvalue weighted by Crippen LogP contribution is -2.44. The maximum atomic E-state index is 12.2. The number of ether oxygens (including phenoxy) is 1. The monoisotopic (exact) mass is 258 g/mol. The molecule has 0 aliphatic heterocycles. The van der Waals surface area contributed by atoms with Gasteiger partial charge in [0.2, 0.25) is 0 Å². The van der Waals surface area contributed by atoms with Crippen molar-refractivity contribution >= 4 is 6.09 Å². The fourth-order valence-corrected chi connectivity index (χ4v) is 1.92. The Kier molecular flexibility index (Phi) is 8.00. The van der Waals surface area contributed by atoms with E-state index in [1.54, 1.807) is 0 Å². The zero-order chi connectivity index (χ0) is 14.2. The van der Waals surface area contributed by atoms with Crippen molar-refractivity contribution in [1.82, 2.24) is 4.90 Å². The zero-order valence-corrected chi connectivity index (χ0v) is 12.7. The van der Waals surface area contributed by atoms with Crippen LogP contribution >= 0.6 is 0 Å². The Morgan fingerprint density at radius 3 is 2.33 bits per heavy atom. The van der Waals surface area contributed by atoms with Gasteiger partial charge in [-0.1, -0.05) is 20.3 Å². The van der Waals surface area contributed by atoms with Crippen molar-refractivity contribution < 1.29 is 9.53 Å². The molecule has 0 radical (unpaired) electrons. The van der Waals surface area contributed by atoms with Crippen molar-refractivity contribution in [3.8, 4) is 0 Å². The highest BCUT2D eigenvalue weighted by molar-refractivity contribution is 5.68. The maximum Gasteiger partial charge on any atom is 0.410 e. The fourth-order valence-electron chi connectivity index (χ4n) is 1.92. The number of hydrogen-bond acceptors (Lipinski definition) is 3. The average Bonchev–Trinajstić information content (AvgIpc) is 2.25. The van der Waals surface area contributed by atoms with E-state index >= 15 is 0 Å². The molecule has 0 aliphatic carbocycles. The van der Waals surface area contributed by atoms with E-state index in [9.17, 15) is 4.79 Å². The van der Waals surface area contributed by atoms with E-state index in [-0.39, 0.29) is 12.1 Å². The van der Waals surface area contributed by atoms with Crippen LogP contribution in [0.2, 0.25) is 0 Å². The summed E-state index contributed by atoms with van der Waals surface area (Å²) in [4.78, 5) is 14.1. The normalized spacial score (nSPS) is 13.2. The van der Waals surface area contributed by atoms with Crippen LogP contribution in [0.1, 0.15) is 60.3 Å². The second kappa shape index (κ2) is 8.35. The Balaban J connectivity index is 4.68. The third kappa shape index (κ3) is 6.84. The van der Waals surface area contributed by atoms with Gasteiger partial charge < -0.3 is 15.4 Å². The molecule has 0 bridgehead atoms. The van der Waals surface area contributed by atoms with Crippen LogP contribution in [0.3, 0.4) is 0 Å². The summed E-state index contributed by atoms with van der Waals surface area (Å²) in [6, 6.07) is 0.261. The van der Waals surface area contributed by atoms with E-state index in [1.165, 1.54) is 0 Å². The summed E-state index contributed by atoms with van der Waals surface area (Å²) in [5.41, 5.74) is 5.10. The second-order valence-electron chi connectivity index (χ2n) is 5.67. The van der Waals surface area contributed by atoms with E-state index < -0.39 is 5.60 Å². The minimum Gasteiger partial charge on any atom is -0.444 e. The van der Waals surface area contributed by atoms with Gasteiger partial charge in [0.15, 0.2) is 0 Å². The van der Waals surface area contributed by atoms with Crippen LogP contribution in [0, 0.1) is 0 Å². The van der Waals surface area contributed by atoms with Crippen molar-refractivity contribution in [2.75, 3.05) is 13.1 Å². The van der Waals surface area contributed by atoms with E-state index in [1.807, 2.05) is 25.7 Å². The molecule has 18 heavy (non-hydrogen) atoms. The number of carbonyl (C=O) groups is 1. The van der Waals surface area contributed by atoms with Gasteiger partial charge in [-0.15, -0.1) is 0 Å². The molecule has 0 aliphatic rings. The predicted molar refractivity (Wildman–Crippen MR) is 75.6 cm³/mol. The van der Waals surface area contributed by atoms with Crippen LogP contribution in [0.25, 0.3) is 0 Å². The lowest BCUT2D eigenvalue weighted by Gasteiger charge is -2.33. The molecule has 0 aromatic carbocycles. The standard InChI is InChI=1S/C14H30N2O2/c1-6-9-12(7-2)16(11-8-10-15)13(17)18-14(3,4)5/h12H,6-11,15H2,1-5H3. The second-order valence-corrected chi connectivity index (χ2v) is 5.67. The molecule has 0 spiro atoms. The minimum absolute atomic E-state index is 0.212. The zero-order valence-electron chi connectivity index (χ0n) is 12.7. The van der Waals surface area contributed by atoms with Crippen LogP contribution < -0.4 is 5.73 Å². The molecule has 0 aromatic heterocycles. The van der Waals surface area contributed by atoms with Gasteiger partial charge in [-0.3, -0.25) is 0 Å². The van der Waals surface area contributed by atoms with Gasteiger partial charge in [-0.25, -0.2) is 4.79 Å². The summed E-state index contributed by atoms with van der Waals surface area (Å²) in [7, 11) is 0. The Morgan fingerprint density at radius 2 is 1.94 bits per heavy atom. The maximum absolute atomic E-state index is 12.2. The van der Waals surface area contributed by atoms with Crippen LogP contribution in [0.4, 0.5) is 4.79 Å². The Morgan fingerprint density at radius 1 is 1.33 bits per heavy atom. The molecule has 2 N–H and O–H groups in total. The van der Waals surface area contributed by atoms with Gasteiger partial charge in [0.25, 0.3) is 0 Å². The van der Waals surface area contributed by atoms with E-state index in [4.69, 9.17) is 10.5 Å². The average molecular weight is 258 g/mol. The van der Waals surface area contributed by atoms with Crippen LogP contribution in [-0.4, -0.2) is 35.7 Å². The number of carbonyl (C=O) groups excluding carboxylic acids is 1. The van der Waals surface area contributed by atoms with Crippen LogP contribution in [-0.2, 0) is 4.74 Å². The van der Waals surface area contributed by atoms with Gasteiger partial charge >= 0.3 is 6.09 Å². The lowest BCUT2D eigenvalue weighted by molar-refractivity contribution is 0.0145. The summed E-state index contributed by atoms with van der Waals surface area (Å²) < 4.78 is 5.47. The molecule has 0 saturated carbocycles. The van der Waals surface area contributed by atoms with Gasteiger partial charge in [-0.05, 0) is 46.6 Å². The third-order valence-electron chi connectivity index (χ3n) is 2.77. The SMILES string of the molecule is CCCC(CC)N(CCCN)C(=O)OC(C)(C)C. The molecular weight excluding hydrogens is 228 g/mol. The first-order valence-corrected chi connectivity index (χ1v) is 7.05. The Hall–Kier alpha value is -0.770. The highest BCUT2D eigenvalue weighted by Crippen LogP contribution is 2.16. The number of hydrogen-bond donors (Lipinski definition) is 1. The highest BCUT2D eigenvalue weighted by atomic mass is 16.6. The van der Waals surface area contributed by atoms with Gasteiger partial charge in [0, 0.05) is 12.6 Å². The number of amides is 1. The molecule has 1 atom stereocenters. The first kappa shape index (κ1) is 17.2. The molecule has 0 heterocycles. The van der Waals surface area contributed by atoms with Gasteiger partial charge in [-0.2, -0.15) is 0 Å². The summed E-state index contributed by atoms with van der Waals surface area (Å²) in [5, 5.41) is 0. The smallest absolute Gasteiger partial charge is 0.410 e. The highest BCUT2D eigenvalue weighted by Gasteiger charge is 2.26. The van der Waals surface area contributed by atoms with E-state index in [0.717, 1.165) is 25.7 Å². The molecule has 4 nitrogen and oxygen atoms in total. The van der Waals surface area contributed by atoms with Gasteiger partial charge in [0.1, 0.15) is 5.60 Å². The number of nitrogens with zero attached hydrogens (tertiary/aromatic N) is 1. The van der Waals surface area contributed by atoms with E-state index in [0.29, 0.717) is 13.1 Å². The molecular formula is C14H30N2O2. The van der Waals surface area contributed by atoms with Gasteiger partial charge in [0.05, 0.1) is 0 Å². The van der Waals surface area contributed by atoms with E-state index in [2.05, 4.69) is 13.8 Å². The quantitative estimate of drug-likeness (QED) is 0.763. The summed E-state index contributed by atoms with van der Waals surface area (Å²) in [6.07, 6.45) is 3.65. The molecule has 4 heteroatoms. The molecule has 108 valence electrons. The lowest BCUT2D eigenvalue weighted by atomic mass is 10.1. The molecule has 0 fully saturated rings. The minimum atomic E-state index is -0.442. The Bertz CT molecular complexity index is 236. The van der Waals surface area contributed by atoms with Crippen molar-refractivity contribution in [2.24, 2.45) is 5.73 Å². The topological polar surface area (TPSA) is 55.6 Å². The van der Waals surface area contributed by atoms with Crippen molar-refractivity contribution in [2.45, 2.75) is 71.9 Å². The van der Waals surface area contributed by atoms with Crippen molar-refractivity contribution in [3.63, 3.8) is 0 Å². The number of rotatable bonds is 7. The summed E-state index contributed by atoms with van der Waals surface area (Å²) in [5.74, 6) is 0. The molecule has 1 unspecified atom stereocenters. The molecule has 0 aromatic rings. The van der Waals surface area contributed by atoms with Crippen LogP contribution in [0.15, 0.2) is 0 Å². The summed E-state index contributed by atoms with van der Waals surface area (Å²) >= 11 is 0. The van der Waals surface area contributed by atoms with Crippen LogP contribution in [0.5, 0.6) is 0 Å². The molecule has 0 saturated heterocycles. The molecule has 1 amide bonds. The van der Waals surface area contributed by atoms with Crippen molar-refractivity contribution in [1.29, 1.82) is 0 Å². The fraction of sp³-hybridized carbons (Fsp3) is 0.929. The first-order valence-electron chi connectivity index (χ1n) is 7.05. The Labute approximate surface area is 112 Å². The summed E-state index contributed by atoms with van der Waals surface area (Å²) in [6.45, 7) is 11.2.